The first-order chi connectivity index (χ1) is 19.7. The number of carbonyl (C=O) groups excluding carboxylic acids is 2. The number of nitrogens with zero attached hydrogens (tertiary/aromatic N) is 5. The summed E-state index contributed by atoms with van der Waals surface area (Å²) in [6.07, 6.45) is 4.65. The first-order valence-electron chi connectivity index (χ1n) is 13.5. The van der Waals surface area contributed by atoms with E-state index >= 15 is 0 Å². The van der Waals surface area contributed by atoms with E-state index < -0.39 is 5.54 Å². The minimum absolute atomic E-state index is 0.0382. The number of nitrogens with one attached hydrogen (secondary N) is 2. The molecule has 1 aliphatic carbocycles. The van der Waals surface area contributed by atoms with Crippen molar-refractivity contribution in [1.82, 2.24) is 30.4 Å². The average molecular weight is 613 g/mol. The van der Waals surface area contributed by atoms with Crippen molar-refractivity contribution >= 4 is 52.5 Å². The van der Waals surface area contributed by atoms with E-state index in [1.807, 2.05) is 32.0 Å². The average Bonchev–Trinajstić information content (AvgIpc) is 3.46. The van der Waals surface area contributed by atoms with Gasteiger partial charge in [-0.1, -0.05) is 52.9 Å². The van der Waals surface area contributed by atoms with E-state index in [1.165, 1.54) is 34.8 Å². The molecule has 2 amide bonds. The Labute approximate surface area is 253 Å². The number of hydrogen-bond acceptors (Lipinski definition) is 7. The quantitative estimate of drug-likeness (QED) is 0.261. The molecule has 0 spiro atoms. The fourth-order valence-electron chi connectivity index (χ4n) is 4.59. The number of thioether (sulfide) groups is 1. The number of hydrogen-bond donors (Lipinski definition) is 2. The van der Waals surface area contributed by atoms with Crippen LogP contribution in [0.2, 0.25) is 10.0 Å². The number of halogens is 2. The number of tetrazole rings is 1. The minimum atomic E-state index is -0.702. The first-order valence-corrected chi connectivity index (χ1v) is 15.3. The maximum Gasteiger partial charge on any atom is 0.235 e. The first kappa shape index (κ1) is 29.4. The summed E-state index contributed by atoms with van der Waals surface area (Å²) in [5.41, 5.74) is 2.33. The predicted molar refractivity (Wildman–Crippen MR) is 162 cm³/mol. The molecule has 2 N–H and O–H groups in total. The lowest BCUT2D eigenvalue weighted by Crippen LogP contribution is -2.46. The summed E-state index contributed by atoms with van der Waals surface area (Å²) in [6.45, 7) is 6.04. The van der Waals surface area contributed by atoms with Gasteiger partial charge in [0.15, 0.2) is 0 Å². The molecule has 1 saturated carbocycles. The number of aromatic nitrogens is 4. The van der Waals surface area contributed by atoms with Crippen molar-refractivity contribution in [2.75, 3.05) is 30.7 Å². The molecule has 0 bridgehead atoms. The largest absolute Gasteiger partial charge is 0.339 e. The summed E-state index contributed by atoms with van der Waals surface area (Å²) in [4.78, 5) is 27.2. The lowest BCUT2D eigenvalue weighted by molar-refractivity contribution is -0.123. The molecule has 5 rings (SSSR count). The van der Waals surface area contributed by atoms with Gasteiger partial charge in [0.2, 0.25) is 17.0 Å². The van der Waals surface area contributed by atoms with Gasteiger partial charge in [0.1, 0.15) is 0 Å². The Balaban J connectivity index is 1.15. The summed E-state index contributed by atoms with van der Waals surface area (Å²) >= 11 is 14.2. The SMILES string of the molecule is CC(C)(C#Cc1ccc(NC(=O)CSc2nnnn2-c2ccc(C3CC3)cc2Cl)c(Cl)c1)NC(=O)CN1CCCC1. The Kier molecular flexibility index (Phi) is 9.19. The van der Waals surface area contributed by atoms with Crippen LogP contribution in [0.5, 0.6) is 0 Å². The van der Waals surface area contributed by atoms with Gasteiger partial charge >= 0.3 is 0 Å². The van der Waals surface area contributed by atoms with E-state index in [4.69, 9.17) is 23.2 Å². The fraction of sp³-hybridized carbons (Fsp3) is 0.414. The van der Waals surface area contributed by atoms with E-state index in [-0.39, 0.29) is 17.6 Å². The molecule has 0 radical (unpaired) electrons. The predicted octanol–water partition coefficient (Wildman–Crippen LogP) is 4.92. The van der Waals surface area contributed by atoms with Crippen LogP contribution in [0.1, 0.15) is 56.6 Å². The highest BCUT2D eigenvalue weighted by Crippen LogP contribution is 2.41. The molecule has 41 heavy (non-hydrogen) atoms. The highest BCUT2D eigenvalue weighted by Gasteiger charge is 2.25. The van der Waals surface area contributed by atoms with E-state index in [0.717, 1.165) is 25.9 Å². The molecule has 0 unspecified atom stereocenters. The Morgan fingerprint density at radius 2 is 1.85 bits per heavy atom. The normalized spacial score (nSPS) is 15.3. The Morgan fingerprint density at radius 1 is 1.07 bits per heavy atom. The van der Waals surface area contributed by atoms with Crippen LogP contribution in [-0.4, -0.2) is 67.8 Å². The van der Waals surface area contributed by atoms with E-state index in [9.17, 15) is 9.59 Å². The fourth-order valence-corrected chi connectivity index (χ4v) is 5.77. The van der Waals surface area contributed by atoms with Gasteiger partial charge in [-0.15, -0.1) is 5.10 Å². The number of likely N-dealkylation sites (tertiary alicyclic amines) is 1. The molecular formula is C29H31Cl2N7O2S. The second-order valence-corrected chi connectivity index (χ2v) is 12.6. The van der Waals surface area contributed by atoms with Gasteiger partial charge < -0.3 is 10.6 Å². The smallest absolute Gasteiger partial charge is 0.235 e. The zero-order chi connectivity index (χ0) is 29.0. The summed E-state index contributed by atoms with van der Waals surface area (Å²) in [5.74, 6) is 6.54. The Hall–Kier alpha value is -3.10. The molecule has 1 saturated heterocycles. The molecule has 12 heteroatoms. The van der Waals surface area contributed by atoms with Gasteiger partial charge in [-0.05, 0) is 105 Å². The molecular weight excluding hydrogens is 581 g/mol. The van der Waals surface area contributed by atoms with Crippen molar-refractivity contribution in [3.63, 3.8) is 0 Å². The third-order valence-electron chi connectivity index (χ3n) is 6.80. The van der Waals surface area contributed by atoms with Crippen molar-refractivity contribution in [1.29, 1.82) is 0 Å². The van der Waals surface area contributed by atoms with Crippen molar-refractivity contribution in [3.05, 3.63) is 57.6 Å². The summed E-state index contributed by atoms with van der Waals surface area (Å²) < 4.78 is 1.54. The van der Waals surface area contributed by atoms with Crippen molar-refractivity contribution in [3.8, 4) is 17.5 Å². The Bertz CT molecular complexity index is 1500. The second kappa shape index (κ2) is 12.8. The van der Waals surface area contributed by atoms with E-state index in [1.54, 1.807) is 18.2 Å². The molecule has 1 aromatic heterocycles. The summed E-state index contributed by atoms with van der Waals surface area (Å²) in [7, 11) is 0. The molecule has 9 nitrogen and oxygen atoms in total. The van der Waals surface area contributed by atoms with Gasteiger partial charge in [0, 0.05) is 5.56 Å². The Morgan fingerprint density at radius 3 is 2.56 bits per heavy atom. The third-order valence-corrected chi connectivity index (χ3v) is 8.34. The number of benzene rings is 2. The summed E-state index contributed by atoms with van der Waals surface area (Å²) in [6, 6.07) is 11.1. The standard InChI is InChI=1S/C29H31Cl2N7O2S/c1-29(2,33-26(39)17-37-13-3-4-14-37)12-11-19-5-9-24(22(30)15-19)32-27(40)18-41-28-34-35-36-38(28)25-10-8-21(16-23(25)31)20-6-7-20/h5,8-10,15-16,20H,3-4,6-7,13-14,17-18H2,1-2H3,(H,32,40)(H,33,39). The summed E-state index contributed by atoms with van der Waals surface area (Å²) in [5, 5.41) is 19.1. The van der Waals surface area contributed by atoms with E-state index in [0.29, 0.717) is 44.6 Å². The number of anilines is 1. The van der Waals surface area contributed by atoms with E-state index in [2.05, 4.69) is 42.9 Å². The van der Waals surface area contributed by atoms with Gasteiger partial charge in [-0.3, -0.25) is 14.5 Å². The molecule has 1 aliphatic heterocycles. The number of carbonyl (C=O) groups is 2. The molecule has 214 valence electrons. The van der Waals surface area contributed by atoms with Crippen molar-refractivity contribution in [2.45, 2.75) is 56.1 Å². The number of amides is 2. The van der Waals surface area contributed by atoms with Crippen LogP contribution in [0.4, 0.5) is 5.69 Å². The molecule has 0 atom stereocenters. The lowest BCUT2D eigenvalue weighted by atomic mass is 10.1. The zero-order valence-electron chi connectivity index (χ0n) is 22.9. The van der Waals surface area contributed by atoms with Gasteiger partial charge in [0.25, 0.3) is 0 Å². The lowest BCUT2D eigenvalue weighted by Gasteiger charge is -2.22. The second-order valence-electron chi connectivity index (χ2n) is 10.8. The maximum atomic E-state index is 12.7. The van der Waals surface area contributed by atoms with Crippen LogP contribution < -0.4 is 10.6 Å². The third kappa shape index (κ3) is 8.01. The van der Waals surface area contributed by atoms with Crippen LogP contribution in [0.3, 0.4) is 0 Å². The molecule has 2 aliphatic rings. The van der Waals surface area contributed by atoms with Crippen molar-refractivity contribution in [2.24, 2.45) is 0 Å². The molecule has 2 heterocycles. The maximum absolute atomic E-state index is 12.7. The van der Waals surface area contributed by atoms with Crippen molar-refractivity contribution < 1.29 is 9.59 Å². The molecule has 2 fully saturated rings. The van der Waals surface area contributed by atoms with Crippen LogP contribution >= 0.6 is 35.0 Å². The minimum Gasteiger partial charge on any atom is -0.339 e. The monoisotopic (exact) mass is 611 g/mol. The topological polar surface area (TPSA) is 105 Å². The van der Waals surface area contributed by atoms with Crippen LogP contribution in [0.15, 0.2) is 41.6 Å². The molecule has 2 aromatic carbocycles. The zero-order valence-corrected chi connectivity index (χ0v) is 25.2. The van der Waals surface area contributed by atoms with Gasteiger partial charge in [0.05, 0.1) is 39.3 Å². The highest BCUT2D eigenvalue weighted by molar-refractivity contribution is 7.99. The van der Waals surface area contributed by atoms with Crippen LogP contribution in [0.25, 0.3) is 5.69 Å². The van der Waals surface area contributed by atoms with Crippen LogP contribution in [-0.2, 0) is 9.59 Å². The van der Waals surface area contributed by atoms with Crippen LogP contribution in [0, 0.1) is 11.8 Å². The molecule has 3 aromatic rings. The van der Waals surface area contributed by atoms with Gasteiger partial charge in [-0.2, -0.15) is 4.68 Å². The van der Waals surface area contributed by atoms with Gasteiger partial charge in [-0.25, -0.2) is 0 Å². The number of rotatable bonds is 9. The highest BCUT2D eigenvalue weighted by atomic mass is 35.5.